The number of hydrogen-bond acceptors (Lipinski definition) is 7. The van der Waals surface area contributed by atoms with Crippen LogP contribution in [0, 0.1) is 5.41 Å². The molecule has 4 aliphatic heterocycles. The number of thiazole rings is 1. The van der Waals surface area contributed by atoms with Gasteiger partial charge in [0.25, 0.3) is 0 Å². The molecule has 6 nitrogen and oxygen atoms in total. The maximum absolute atomic E-state index is 4.81. The predicted octanol–water partition coefficient (Wildman–Crippen LogP) is 9.34. The number of nitrogens with one attached hydrogen (secondary N) is 1. The van der Waals surface area contributed by atoms with E-state index in [4.69, 9.17) is 4.99 Å². The number of rotatable bonds is 14. The van der Waals surface area contributed by atoms with Gasteiger partial charge in [-0.05, 0) is 114 Å². The summed E-state index contributed by atoms with van der Waals surface area (Å²) in [5.74, 6) is 0.901. The zero-order valence-corrected chi connectivity index (χ0v) is 33.7. The average Bonchev–Trinajstić information content (AvgIpc) is 3.67. The fourth-order valence-electron chi connectivity index (χ4n) is 8.25. The van der Waals surface area contributed by atoms with E-state index in [1.807, 2.05) is 11.6 Å². The summed E-state index contributed by atoms with van der Waals surface area (Å²) < 4.78 is 0. The Balaban J connectivity index is 0.980. The second-order valence-electron chi connectivity index (χ2n) is 16.3. The quantitative estimate of drug-likeness (QED) is 0.197. The van der Waals surface area contributed by atoms with Gasteiger partial charge in [-0.1, -0.05) is 73.3 Å². The van der Waals surface area contributed by atoms with Gasteiger partial charge in [0.2, 0.25) is 0 Å². The second kappa shape index (κ2) is 16.7. The molecule has 0 bridgehead atoms. The summed E-state index contributed by atoms with van der Waals surface area (Å²) in [6.07, 6.45) is 15.9. The minimum atomic E-state index is 0.141. The van der Waals surface area contributed by atoms with Crippen molar-refractivity contribution in [2.75, 3.05) is 45.8 Å². The van der Waals surface area contributed by atoms with E-state index in [1.165, 1.54) is 83.5 Å². The SMILES string of the molecule is C=C(C)C1=CN2C(=CC1=C)c1cc(CC)c(CCCCCCN3CCN(CC4=C(C(=C)CC)CN=C(c5nccs5)N4)CC3)cc1CC2C(C)(C)C. The van der Waals surface area contributed by atoms with Crippen LogP contribution in [0.25, 0.3) is 5.70 Å². The van der Waals surface area contributed by atoms with Crippen LogP contribution in [0.4, 0.5) is 0 Å². The fraction of sp³-hybridized carbons (Fsp3) is 0.511. The normalized spacial score (nSPS) is 19.8. The Morgan fingerprint density at radius 3 is 2.42 bits per heavy atom. The Morgan fingerprint density at radius 2 is 1.75 bits per heavy atom. The van der Waals surface area contributed by atoms with Crippen LogP contribution in [0.2, 0.25) is 0 Å². The Kier molecular flexibility index (Phi) is 12.2. The average molecular weight is 719 g/mol. The van der Waals surface area contributed by atoms with Crippen molar-refractivity contribution < 1.29 is 0 Å². The highest BCUT2D eigenvalue weighted by atomic mass is 32.1. The lowest BCUT2D eigenvalue weighted by Crippen LogP contribution is -2.48. The molecule has 1 atom stereocenters. The minimum absolute atomic E-state index is 0.141. The molecular weight excluding hydrogens is 657 g/mol. The van der Waals surface area contributed by atoms with Gasteiger partial charge < -0.3 is 15.1 Å². The van der Waals surface area contributed by atoms with Gasteiger partial charge in [-0.2, -0.15) is 0 Å². The number of hydrogen-bond donors (Lipinski definition) is 1. The van der Waals surface area contributed by atoms with Crippen molar-refractivity contribution in [1.29, 1.82) is 0 Å². The number of aliphatic imine (C=N–C) groups is 1. The third-order valence-electron chi connectivity index (χ3n) is 11.5. The number of piperazine rings is 1. The van der Waals surface area contributed by atoms with Crippen LogP contribution < -0.4 is 5.32 Å². The van der Waals surface area contributed by atoms with E-state index in [-0.39, 0.29) is 5.41 Å². The summed E-state index contributed by atoms with van der Waals surface area (Å²) in [7, 11) is 0. The summed E-state index contributed by atoms with van der Waals surface area (Å²) in [5, 5.41) is 6.62. The van der Waals surface area contributed by atoms with E-state index in [0.717, 1.165) is 74.0 Å². The van der Waals surface area contributed by atoms with Crippen LogP contribution in [-0.2, 0) is 19.3 Å². The van der Waals surface area contributed by atoms with Gasteiger partial charge in [0.1, 0.15) is 0 Å². The molecule has 0 saturated carbocycles. The van der Waals surface area contributed by atoms with E-state index >= 15 is 0 Å². The molecule has 1 unspecified atom stereocenters. The summed E-state index contributed by atoms with van der Waals surface area (Å²) >= 11 is 1.64. The number of unbranched alkanes of at least 4 members (excludes halogenated alkanes) is 3. The molecular formula is C45H62N6S. The first-order valence-electron chi connectivity index (χ1n) is 19.7. The largest absolute Gasteiger partial charge is 0.343 e. The Bertz CT molecular complexity index is 1770. The molecule has 4 aliphatic rings. The topological polar surface area (TPSA) is 47.0 Å². The second-order valence-corrected chi connectivity index (χ2v) is 17.2. The van der Waals surface area contributed by atoms with Crippen molar-refractivity contribution in [3.05, 3.63) is 117 Å². The zero-order chi connectivity index (χ0) is 37.0. The smallest absolute Gasteiger partial charge is 0.162 e. The summed E-state index contributed by atoms with van der Waals surface area (Å²) in [6, 6.07) is 5.47. The van der Waals surface area contributed by atoms with Crippen molar-refractivity contribution in [2.24, 2.45) is 10.4 Å². The summed E-state index contributed by atoms with van der Waals surface area (Å²) in [6.45, 7) is 34.0. The third-order valence-corrected chi connectivity index (χ3v) is 12.3. The number of benzene rings is 1. The Hall–Kier alpha value is -3.52. The molecule has 0 radical (unpaired) electrons. The van der Waals surface area contributed by atoms with Crippen LogP contribution in [0.3, 0.4) is 0 Å². The van der Waals surface area contributed by atoms with E-state index in [2.05, 4.69) is 111 Å². The van der Waals surface area contributed by atoms with Crippen LogP contribution >= 0.6 is 11.3 Å². The monoisotopic (exact) mass is 718 g/mol. The minimum Gasteiger partial charge on any atom is -0.343 e. The standard InChI is InChI=1S/C45H62N6S/c1-10-32(5)38-28-47-43(44-46-17-23-52-44)48-40(38)30-50-21-19-49(20-22-50)18-15-13-12-14-16-35-25-36-27-42(45(7,8)9)51-29-39(31(3)4)33(6)24-41(51)37(36)26-34(35)11-2/h17,23-26,29,42H,3,5-6,10-16,18-22,27-28,30H2,1-2,4,7-9H3,(H,47,48). The molecule has 1 aromatic carbocycles. The highest BCUT2D eigenvalue weighted by Gasteiger charge is 2.38. The van der Waals surface area contributed by atoms with Gasteiger partial charge in [0.15, 0.2) is 10.8 Å². The maximum Gasteiger partial charge on any atom is 0.162 e. The van der Waals surface area contributed by atoms with Gasteiger partial charge in [-0.15, -0.1) is 11.3 Å². The van der Waals surface area contributed by atoms with Gasteiger partial charge in [-0.3, -0.25) is 9.89 Å². The van der Waals surface area contributed by atoms with Crippen molar-refractivity contribution in [3.63, 3.8) is 0 Å². The molecule has 0 spiro atoms. The van der Waals surface area contributed by atoms with Crippen molar-refractivity contribution >= 4 is 22.9 Å². The van der Waals surface area contributed by atoms with Crippen molar-refractivity contribution in [3.8, 4) is 0 Å². The molecule has 5 heterocycles. The van der Waals surface area contributed by atoms with Crippen molar-refractivity contribution in [2.45, 2.75) is 99.0 Å². The van der Waals surface area contributed by atoms with Crippen LogP contribution in [0.5, 0.6) is 0 Å². The first-order chi connectivity index (χ1) is 25.0. The van der Waals surface area contributed by atoms with E-state index in [1.54, 1.807) is 16.9 Å². The summed E-state index contributed by atoms with van der Waals surface area (Å²) in [4.78, 5) is 17.1. The van der Waals surface area contributed by atoms with Crippen LogP contribution in [0.15, 0.2) is 94.3 Å². The van der Waals surface area contributed by atoms with Gasteiger partial charge in [0.05, 0.1) is 6.54 Å². The first-order valence-corrected chi connectivity index (χ1v) is 20.6. The molecule has 0 aliphatic carbocycles. The molecule has 6 rings (SSSR count). The summed E-state index contributed by atoms with van der Waals surface area (Å²) in [5.41, 5.74) is 14.5. The number of aromatic nitrogens is 1. The number of allylic oxidation sites excluding steroid dienone is 4. The Labute approximate surface area is 318 Å². The molecule has 0 amide bonds. The number of nitrogens with zero attached hydrogens (tertiary/aromatic N) is 5. The van der Waals surface area contributed by atoms with Crippen LogP contribution in [-0.4, -0.2) is 77.4 Å². The molecule has 278 valence electrons. The molecule has 52 heavy (non-hydrogen) atoms. The molecule has 1 aromatic heterocycles. The number of amidine groups is 1. The van der Waals surface area contributed by atoms with E-state index in [9.17, 15) is 0 Å². The van der Waals surface area contributed by atoms with E-state index in [0.29, 0.717) is 12.6 Å². The Morgan fingerprint density at radius 1 is 1.00 bits per heavy atom. The maximum atomic E-state index is 4.81. The lowest BCUT2D eigenvalue weighted by atomic mass is 9.75. The highest BCUT2D eigenvalue weighted by Crippen LogP contribution is 2.44. The molecule has 1 N–H and O–H groups in total. The van der Waals surface area contributed by atoms with Gasteiger partial charge in [0, 0.05) is 73.5 Å². The van der Waals surface area contributed by atoms with Crippen LogP contribution in [0.1, 0.15) is 101 Å². The van der Waals surface area contributed by atoms with Crippen molar-refractivity contribution in [1.82, 2.24) is 25.0 Å². The molecule has 1 fully saturated rings. The molecule has 2 aromatic rings. The van der Waals surface area contributed by atoms with Gasteiger partial charge >= 0.3 is 0 Å². The fourth-order valence-corrected chi connectivity index (χ4v) is 8.85. The highest BCUT2D eigenvalue weighted by molar-refractivity contribution is 7.11. The lowest BCUT2D eigenvalue weighted by Gasteiger charge is -2.47. The van der Waals surface area contributed by atoms with Gasteiger partial charge in [-0.25, -0.2) is 4.98 Å². The number of fused-ring (bicyclic) bond motifs is 3. The predicted molar refractivity (Wildman–Crippen MR) is 223 cm³/mol. The zero-order valence-electron chi connectivity index (χ0n) is 32.9. The number of aryl methyl sites for hydroxylation is 2. The van der Waals surface area contributed by atoms with E-state index < -0.39 is 0 Å². The first kappa shape index (κ1) is 38.2. The third kappa shape index (κ3) is 8.64. The molecule has 7 heteroatoms. The molecule has 1 saturated heterocycles. The lowest BCUT2D eigenvalue weighted by molar-refractivity contribution is 0.137.